The van der Waals surface area contributed by atoms with Crippen molar-refractivity contribution in [3.8, 4) is 0 Å². The van der Waals surface area contributed by atoms with E-state index >= 15 is 0 Å². The van der Waals surface area contributed by atoms with Gasteiger partial charge in [0.15, 0.2) is 5.16 Å². The summed E-state index contributed by atoms with van der Waals surface area (Å²) in [5, 5.41) is 3.07. The van der Waals surface area contributed by atoms with Crippen molar-refractivity contribution in [2.24, 2.45) is 0 Å². The number of thioether (sulfide) groups is 1. The predicted octanol–water partition coefficient (Wildman–Crippen LogP) is 2.77. The molecule has 0 bridgehead atoms. The van der Waals surface area contributed by atoms with E-state index in [1.807, 2.05) is 6.92 Å². The number of carbonyl (C=O) groups excluding carboxylic acids is 2. The van der Waals surface area contributed by atoms with Crippen LogP contribution in [0.15, 0.2) is 40.3 Å². The molecule has 7 nitrogen and oxygen atoms in total. The van der Waals surface area contributed by atoms with Gasteiger partial charge in [-0.25, -0.2) is 9.78 Å². The summed E-state index contributed by atoms with van der Waals surface area (Å²) >= 11 is 1.11. The predicted molar refractivity (Wildman–Crippen MR) is 101 cm³/mol. The molecule has 0 aliphatic rings. The lowest BCUT2D eigenvalue weighted by Crippen LogP contribution is -2.18. The fourth-order valence-electron chi connectivity index (χ4n) is 2.10. The molecule has 0 radical (unpaired) electrons. The summed E-state index contributed by atoms with van der Waals surface area (Å²) < 4.78 is 5.20. The number of amides is 1. The zero-order valence-electron chi connectivity index (χ0n) is 14.7. The number of hydrogen-bond acceptors (Lipinski definition) is 6. The molecule has 0 aliphatic heterocycles. The molecule has 0 saturated heterocycles. The van der Waals surface area contributed by atoms with E-state index in [-0.39, 0.29) is 17.2 Å². The molecule has 1 heterocycles. The van der Waals surface area contributed by atoms with Crippen molar-refractivity contribution in [2.75, 3.05) is 17.7 Å². The normalized spacial score (nSPS) is 10.4. The summed E-state index contributed by atoms with van der Waals surface area (Å²) in [6.07, 6.45) is 1.72. The van der Waals surface area contributed by atoms with Crippen LogP contribution in [0.1, 0.15) is 35.8 Å². The highest BCUT2D eigenvalue weighted by Gasteiger charge is 2.14. The van der Waals surface area contributed by atoms with E-state index in [0.717, 1.165) is 24.6 Å². The van der Waals surface area contributed by atoms with Crippen molar-refractivity contribution in [1.29, 1.82) is 0 Å². The first kappa shape index (κ1) is 19.7. The monoisotopic (exact) mass is 375 g/mol. The Morgan fingerprint density at radius 3 is 2.81 bits per heavy atom. The quantitative estimate of drug-likeness (QED) is 0.318. The second-order valence-corrected chi connectivity index (χ2v) is 6.53. The third-order valence-corrected chi connectivity index (χ3v) is 4.21. The number of hydrogen-bond donors (Lipinski definition) is 2. The van der Waals surface area contributed by atoms with E-state index in [4.69, 9.17) is 4.74 Å². The van der Waals surface area contributed by atoms with E-state index in [1.165, 1.54) is 6.07 Å². The molecule has 138 valence electrons. The molecule has 0 aliphatic carbocycles. The molecule has 0 atom stereocenters. The second kappa shape index (κ2) is 9.76. The molecule has 1 amide bonds. The number of aromatic nitrogens is 2. The summed E-state index contributed by atoms with van der Waals surface area (Å²) in [5.41, 5.74) is 1.02. The molecule has 1 aromatic carbocycles. The Morgan fingerprint density at radius 1 is 1.31 bits per heavy atom. The van der Waals surface area contributed by atoms with Crippen molar-refractivity contribution < 1.29 is 14.3 Å². The van der Waals surface area contributed by atoms with Gasteiger partial charge in [0.2, 0.25) is 5.91 Å². The topological polar surface area (TPSA) is 101 Å². The van der Waals surface area contributed by atoms with E-state index in [0.29, 0.717) is 28.7 Å². The molecule has 1 aromatic heterocycles. The fraction of sp³-hybridized carbons (Fsp3) is 0.333. The zero-order chi connectivity index (χ0) is 18.9. The number of para-hydroxylation sites is 1. The lowest BCUT2D eigenvalue weighted by Gasteiger charge is -2.10. The van der Waals surface area contributed by atoms with Gasteiger partial charge in [0, 0.05) is 11.8 Å². The molecule has 8 heteroatoms. The summed E-state index contributed by atoms with van der Waals surface area (Å²) in [4.78, 5) is 42.5. The Labute approximate surface area is 155 Å². The Morgan fingerprint density at radius 2 is 2.08 bits per heavy atom. The van der Waals surface area contributed by atoms with Crippen LogP contribution >= 0.6 is 11.8 Å². The van der Waals surface area contributed by atoms with E-state index in [9.17, 15) is 14.4 Å². The molecule has 0 unspecified atom stereocenters. The lowest BCUT2D eigenvalue weighted by atomic mass is 10.2. The number of benzene rings is 1. The lowest BCUT2D eigenvalue weighted by molar-refractivity contribution is -0.113. The molecule has 2 aromatic rings. The van der Waals surface area contributed by atoms with Crippen molar-refractivity contribution in [1.82, 2.24) is 9.97 Å². The molecular formula is C18H21N3O4S. The molecule has 2 rings (SSSR count). The van der Waals surface area contributed by atoms with Gasteiger partial charge in [0.05, 0.1) is 23.6 Å². The minimum Gasteiger partial charge on any atom is -0.462 e. The number of unbranched alkanes of at least 4 members (excludes halogenated alkanes) is 1. The van der Waals surface area contributed by atoms with Crippen molar-refractivity contribution in [2.45, 2.75) is 31.8 Å². The van der Waals surface area contributed by atoms with Crippen LogP contribution in [0.25, 0.3) is 0 Å². The Bertz CT molecular complexity index is 835. The number of ether oxygens (including phenoxy) is 1. The van der Waals surface area contributed by atoms with Crippen LogP contribution < -0.4 is 10.9 Å². The van der Waals surface area contributed by atoms with Gasteiger partial charge in [-0.15, -0.1) is 0 Å². The second-order valence-electron chi connectivity index (χ2n) is 5.56. The fourth-order valence-corrected chi connectivity index (χ4v) is 2.82. The van der Waals surface area contributed by atoms with Crippen LogP contribution in [0.2, 0.25) is 0 Å². The number of H-pyrrole nitrogens is 1. The maximum absolute atomic E-state index is 12.2. The SMILES string of the molecule is CCCCOC(=O)c1ccccc1NC(=O)CSc1nc(C)cc(=O)[nH]1. The number of rotatable bonds is 8. The molecule has 0 saturated carbocycles. The van der Waals surface area contributed by atoms with Gasteiger partial charge in [-0.3, -0.25) is 9.59 Å². The van der Waals surface area contributed by atoms with Crippen LogP contribution in [0.3, 0.4) is 0 Å². The zero-order valence-corrected chi connectivity index (χ0v) is 15.5. The van der Waals surface area contributed by atoms with Crippen LogP contribution in [-0.2, 0) is 9.53 Å². The van der Waals surface area contributed by atoms with Gasteiger partial charge in [0.25, 0.3) is 5.56 Å². The van der Waals surface area contributed by atoms with E-state index in [1.54, 1.807) is 31.2 Å². The molecule has 2 N–H and O–H groups in total. The standard InChI is InChI=1S/C18H21N3O4S/c1-3-4-9-25-17(24)13-7-5-6-8-14(13)20-16(23)11-26-18-19-12(2)10-15(22)21-18/h5-8,10H,3-4,9,11H2,1-2H3,(H,20,23)(H,19,21,22). The number of aromatic amines is 1. The molecule has 0 fully saturated rings. The van der Waals surface area contributed by atoms with Gasteiger partial charge in [-0.1, -0.05) is 37.2 Å². The van der Waals surface area contributed by atoms with Crippen molar-refractivity contribution in [3.05, 3.63) is 51.9 Å². The summed E-state index contributed by atoms with van der Waals surface area (Å²) in [5.74, 6) is -0.731. The van der Waals surface area contributed by atoms with Gasteiger partial charge in [-0.2, -0.15) is 0 Å². The van der Waals surface area contributed by atoms with Crippen LogP contribution in [-0.4, -0.2) is 34.2 Å². The van der Waals surface area contributed by atoms with Gasteiger partial charge in [-0.05, 0) is 25.5 Å². The Hall–Kier alpha value is -2.61. The van der Waals surface area contributed by atoms with E-state index in [2.05, 4.69) is 15.3 Å². The highest BCUT2D eigenvalue weighted by molar-refractivity contribution is 7.99. The van der Waals surface area contributed by atoms with Crippen LogP contribution in [0, 0.1) is 6.92 Å². The number of anilines is 1. The number of nitrogens with one attached hydrogen (secondary N) is 2. The third-order valence-electron chi connectivity index (χ3n) is 3.34. The van der Waals surface area contributed by atoms with Crippen molar-refractivity contribution >= 4 is 29.3 Å². The minimum absolute atomic E-state index is 0.0472. The number of carbonyl (C=O) groups is 2. The van der Waals surface area contributed by atoms with Crippen LogP contribution in [0.4, 0.5) is 5.69 Å². The maximum Gasteiger partial charge on any atom is 0.340 e. The highest BCUT2D eigenvalue weighted by Crippen LogP contribution is 2.18. The van der Waals surface area contributed by atoms with Gasteiger partial charge < -0.3 is 15.0 Å². The Balaban J connectivity index is 1.98. The molecular weight excluding hydrogens is 354 g/mol. The Kier molecular flexibility index (Phi) is 7.40. The first-order valence-electron chi connectivity index (χ1n) is 8.26. The maximum atomic E-state index is 12.2. The average Bonchev–Trinajstić information content (AvgIpc) is 2.60. The number of esters is 1. The minimum atomic E-state index is -0.466. The third kappa shape index (κ3) is 6.03. The first-order valence-corrected chi connectivity index (χ1v) is 9.25. The summed E-state index contributed by atoms with van der Waals surface area (Å²) in [6, 6.07) is 8.07. The van der Waals surface area contributed by atoms with E-state index < -0.39 is 5.97 Å². The van der Waals surface area contributed by atoms with Crippen LogP contribution in [0.5, 0.6) is 0 Å². The highest BCUT2D eigenvalue weighted by atomic mass is 32.2. The number of aryl methyl sites for hydroxylation is 1. The summed E-state index contributed by atoms with van der Waals surface area (Å²) in [6.45, 7) is 4.07. The largest absolute Gasteiger partial charge is 0.462 e. The summed E-state index contributed by atoms with van der Waals surface area (Å²) in [7, 11) is 0. The van der Waals surface area contributed by atoms with Crippen molar-refractivity contribution in [3.63, 3.8) is 0 Å². The van der Waals surface area contributed by atoms with Gasteiger partial charge in [0.1, 0.15) is 0 Å². The average molecular weight is 375 g/mol. The molecule has 26 heavy (non-hydrogen) atoms. The first-order chi connectivity index (χ1) is 12.5. The molecule has 0 spiro atoms. The smallest absolute Gasteiger partial charge is 0.340 e. The number of nitrogens with zero attached hydrogens (tertiary/aromatic N) is 1. The van der Waals surface area contributed by atoms with Gasteiger partial charge >= 0.3 is 5.97 Å².